The summed E-state index contributed by atoms with van der Waals surface area (Å²) in [7, 11) is 0. The van der Waals surface area contributed by atoms with Gasteiger partial charge in [0.2, 0.25) is 5.91 Å². The molecular weight excluding hydrogens is 308 g/mol. The highest BCUT2D eigenvalue weighted by Gasteiger charge is 2.30. The van der Waals surface area contributed by atoms with Crippen LogP contribution in [0.1, 0.15) is 30.6 Å². The van der Waals surface area contributed by atoms with Crippen molar-refractivity contribution in [2.75, 3.05) is 0 Å². The van der Waals surface area contributed by atoms with E-state index in [9.17, 15) is 4.79 Å². The second kappa shape index (κ2) is 6.00. The van der Waals surface area contributed by atoms with Crippen molar-refractivity contribution >= 4 is 17.7 Å². The van der Waals surface area contributed by atoms with E-state index in [-0.39, 0.29) is 17.2 Å². The van der Waals surface area contributed by atoms with E-state index in [0.29, 0.717) is 0 Å². The van der Waals surface area contributed by atoms with Crippen molar-refractivity contribution in [2.45, 2.75) is 55.3 Å². The van der Waals surface area contributed by atoms with Crippen LogP contribution >= 0.6 is 11.8 Å². The predicted molar refractivity (Wildman–Crippen MR) is 89.4 cm³/mol. The molecular formula is C17H20N4OS. The minimum absolute atomic E-state index is 0.000328. The number of amides is 1. The fraction of sp³-hybridized carbons (Fsp3) is 0.471. The first-order valence-electron chi connectivity index (χ1n) is 8.20. The zero-order valence-corrected chi connectivity index (χ0v) is 14.0. The summed E-state index contributed by atoms with van der Waals surface area (Å²) in [6.07, 6.45) is 3.53. The maximum absolute atomic E-state index is 12.6. The first-order valence-corrected chi connectivity index (χ1v) is 9.08. The number of thioether (sulfide) groups is 1. The molecule has 0 saturated carbocycles. The van der Waals surface area contributed by atoms with Gasteiger partial charge >= 0.3 is 0 Å². The third-order valence-corrected chi connectivity index (χ3v) is 5.94. The number of fused-ring (bicyclic) bond motifs is 2. The van der Waals surface area contributed by atoms with E-state index in [1.165, 1.54) is 10.5 Å². The van der Waals surface area contributed by atoms with Crippen LogP contribution in [0, 0.1) is 0 Å². The number of carbonyl (C=O) groups excluding carboxylic acids is 1. The molecule has 2 aromatic rings. The molecule has 2 aliphatic heterocycles. The number of aromatic nitrogens is 3. The highest BCUT2D eigenvalue weighted by Crippen LogP contribution is 2.36. The molecule has 4 rings (SSSR count). The Balaban J connectivity index is 1.41. The lowest BCUT2D eigenvalue weighted by atomic mass is 10.1. The monoisotopic (exact) mass is 328 g/mol. The molecule has 0 bridgehead atoms. The average Bonchev–Trinajstić information content (AvgIpc) is 3.18. The Morgan fingerprint density at radius 3 is 3.09 bits per heavy atom. The molecule has 3 heterocycles. The van der Waals surface area contributed by atoms with Gasteiger partial charge in [0.1, 0.15) is 11.6 Å². The molecule has 0 aliphatic carbocycles. The van der Waals surface area contributed by atoms with Crippen molar-refractivity contribution in [1.29, 1.82) is 0 Å². The third kappa shape index (κ3) is 2.76. The predicted octanol–water partition coefficient (Wildman–Crippen LogP) is 1.99. The number of carbonyl (C=O) groups is 1. The van der Waals surface area contributed by atoms with Crippen molar-refractivity contribution in [1.82, 2.24) is 20.1 Å². The molecule has 23 heavy (non-hydrogen) atoms. The van der Waals surface area contributed by atoms with E-state index in [4.69, 9.17) is 0 Å². The van der Waals surface area contributed by atoms with Crippen LogP contribution in [0.2, 0.25) is 0 Å². The Morgan fingerprint density at radius 2 is 2.26 bits per heavy atom. The molecule has 1 amide bonds. The number of rotatable bonds is 3. The van der Waals surface area contributed by atoms with E-state index >= 15 is 0 Å². The Hall–Kier alpha value is -1.82. The number of nitrogens with one attached hydrogen (secondary N) is 1. The SMILES string of the molecule is CCc1nnc2n1C[C@@H](NC(=O)[C@@H]1Cc3ccccc3S1)CC2. The van der Waals surface area contributed by atoms with Crippen LogP contribution < -0.4 is 5.32 Å². The van der Waals surface area contributed by atoms with Crippen molar-refractivity contribution in [3.63, 3.8) is 0 Å². The van der Waals surface area contributed by atoms with Crippen LogP contribution in [0.15, 0.2) is 29.2 Å². The lowest BCUT2D eigenvalue weighted by Gasteiger charge is -2.26. The lowest BCUT2D eigenvalue weighted by Crippen LogP contribution is -2.44. The largest absolute Gasteiger partial charge is 0.351 e. The van der Waals surface area contributed by atoms with Gasteiger partial charge in [-0.15, -0.1) is 22.0 Å². The van der Waals surface area contributed by atoms with Crippen LogP contribution in [0.4, 0.5) is 0 Å². The third-order valence-electron chi connectivity index (χ3n) is 4.63. The van der Waals surface area contributed by atoms with Gasteiger partial charge in [-0.25, -0.2) is 0 Å². The van der Waals surface area contributed by atoms with Gasteiger partial charge in [-0.3, -0.25) is 4.79 Å². The minimum atomic E-state index is 0.000328. The molecule has 1 aromatic heterocycles. The van der Waals surface area contributed by atoms with Gasteiger partial charge < -0.3 is 9.88 Å². The molecule has 0 spiro atoms. The number of hydrogen-bond acceptors (Lipinski definition) is 4. The fourth-order valence-corrected chi connectivity index (χ4v) is 4.59. The first kappa shape index (κ1) is 14.8. The highest BCUT2D eigenvalue weighted by atomic mass is 32.2. The normalized spacial score (nSPS) is 22.5. The molecule has 0 unspecified atom stereocenters. The number of aryl methyl sites for hydroxylation is 2. The molecule has 0 saturated heterocycles. The molecule has 0 radical (unpaired) electrons. The summed E-state index contributed by atoms with van der Waals surface area (Å²) in [5, 5.41) is 11.7. The van der Waals surface area contributed by atoms with E-state index in [0.717, 1.165) is 43.9 Å². The van der Waals surface area contributed by atoms with E-state index in [2.05, 4.69) is 39.1 Å². The van der Waals surface area contributed by atoms with Crippen LogP contribution in [-0.4, -0.2) is 32.0 Å². The van der Waals surface area contributed by atoms with E-state index < -0.39 is 0 Å². The fourth-order valence-electron chi connectivity index (χ4n) is 3.38. The zero-order valence-electron chi connectivity index (χ0n) is 13.2. The Labute approximate surface area is 139 Å². The van der Waals surface area contributed by atoms with Crippen LogP contribution in [-0.2, 0) is 30.6 Å². The molecule has 5 nitrogen and oxygen atoms in total. The van der Waals surface area contributed by atoms with Gasteiger partial charge in [-0.2, -0.15) is 0 Å². The second-order valence-corrected chi connectivity index (χ2v) is 7.40. The van der Waals surface area contributed by atoms with Gasteiger partial charge in [0.15, 0.2) is 0 Å². The topological polar surface area (TPSA) is 59.8 Å². The van der Waals surface area contributed by atoms with Gasteiger partial charge in [0.05, 0.1) is 5.25 Å². The standard InChI is InChI=1S/C17H20N4OS/c1-2-15-19-20-16-8-7-12(10-21(15)16)18-17(22)14-9-11-5-3-4-6-13(11)23-14/h3-6,12,14H,2,7-10H2,1H3,(H,18,22)/t12-,14-/m0/s1. The van der Waals surface area contributed by atoms with Crippen molar-refractivity contribution in [3.8, 4) is 0 Å². The molecule has 2 atom stereocenters. The van der Waals surface area contributed by atoms with E-state index in [1.54, 1.807) is 11.8 Å². The number of hydrogen-bond donors (Lipinski definition) is 1. The summed E-state index contributed by atoms with van der Waals surface area (Å²) in [6, 6.07) is 8.48. The highest BCUT2D eigenvalue weighted by molar-refractivity contribution is 8.01. The summed E-state index contributed by atoms with van der Waals surface area (Å²) in [6.45, 7) is 2.88. The maximum Gasteiger partial charge on any atom is 0.234 e. The summed E-state index contributed by atoms with van der Waals surface area (Å²) < 4.78 is 2.17. The number of nitrogens with zero attached hydrogens (tertiary/aromatic N) is 3. The minimum Gasteiger partial charge on any atom is -0.351 e. The van der Waals surface area contributed by atoms with Crippen molar-refractivity contribution in [2.24, 2.45) is 0 Å². The quantitative estimate of drug-likeness (QED) is 0.936. The Morgan fingerprint density at radius 1 is 1.39 bits per heavy atom. The summed E-state index contributed by atoms with van der Waals surface area (Å²) in [5.41, 5.74) is 1.29. The maximum atomic E-state index is 12.6. The van der Waals surface area contributed by atoms with Crippen molar-refractivity contribution < 1.29 is 4.79 Å². The second-order valence-electron chi connectivity index (χ2n) is 6.16. The molecule has 2 aliphatic rings. The van der Waals surface area contributed by atoms with E-state index in [1.807, 2.05) is 12.1 Å². The molecule has 120 valence electrons. The Bertz CT molecular complexity index is 703. The van der Waals surface area contributed by atoms with Gasteiger partial charge in [-0.05, 0) is 24.5 Å². The van der Waals surface area contributed by atoms with Gasteiger partial charge in [-0.1, -0.05) is 25.1 Å². The molecule has 6 heteroatoms. The van der Waals surface area contributed by atoms with Gasteiger partial charge in [0.25, 0.3) is 0 Å². The Kier molecular flexibility index (Phi) is 3.85. The zero-order chi connectivity index (χ0) is 15.8. The molecule has 1 N–H and O–H groups in total. The molecule has 0 fully saturated rings. The summed E-state index contributed by atoms with van der Waals surface area (Å²) >= 11 is 1.68. The number of benzene rings is 1. The van der Waals surface area contributed by atoms with Crippen LogP contribution in [0.3, 0.4) is 0 Å². The smallest absolute Gasteiger partial charge is 0.234 e. The first-order chi connectivity index (χ1) is 11.2. The summed E-state index contributed by atoms with van der Waals surface area (Å²) in [4.78, 5) is 13.9. The van der Waals surface area contributed by atoms with Crippen LogP contribution in [0.25, 0.3) is 0 Å². The lowest BCUT2D eigenvalue weighted by molar-refractivity contribution is -0.121. The average molecular weight is 328 g/mol. The van der Waals surface area contributed by atoms with Crippen LogP contribution in [0.5, 0.6) is 0 Å². The molecule has 1 aromatic carbocycles. The van der Waals surface area contributed by atoms with Crippen molar-refractivity contribution in [3.05, 3.63) is 41.5 Å². The van der Waals surface area contributed by atoms with Gasteiger partial charge in [0, 0.05) is 30.3 Å². The summed E-state index contributed by atoms with van der Waals surface area (Å²) in [5.74, 6) is 2.22.